The number of halogens is 1. The topological polar surface area (TPSA) is 75.2 Å². The van der Waals surface area contributed by atoms with Crippen LogP contribution in [0.3, 0.4) is 0 Å². The lowest BCUT2D eigenvalue weighted by molar-refractivity contribution is 0.0955. The molecule has 0 aromatic heterocycles. The molecule has 0 fully saturated rings. The van der Waals surface area contributed by atoms with E-state index in [1.54, 1.807) is 26.4 Å². The van der Waals surface area contributed by atoms with Gasteiger partial charge in [0.15, 0.2) is 5.96 Å². The molecule has 164 valence electrons. The monoisotopic (exact) mass is 526 g/mol. The maximum atomic E-state index is 12.1. The molecule has 1 amide bonds. The zero-order valence-corrected chi connectivity index (χ0v) is 20.3. The standard InChI is InChI=1S/C22H30N4O3.HI/c1-5-23-22(25-14-13-24-21(27)17-9-7-6-8-10-17)26(2)16-18-11-12-19(28-3)15-20(18)29-4;/h6-12,15H,5,13-14,16H2,1-4H3,(H,23,25)(H,24,27);1H. The summed E-state index contributed by atoms with van der Waals surface area (Å²) in [7, 11) is 5.24. The number of benzene rings is 2. The molecule has 0 bridgehead atoms. The van der Waals surface area contributed by atoms with Crippen LogP contribution in [0.4, 0.5) is 0 Å². The smallest absolute Gasteiger partial charge is 0.251 e. The number of guanidine groups is 1. The highest BCUT2D eigenvalue weighted by atomic mass is 127. The van der Waals surface area contributed by atoms with Crippen molar-refractivity contribution < 1.29 is 14.3 Å². The lowest BCUT2D eigenvalue weighted by Crippen LogP contribution is -2.39. The van der Waals surface area contributed by atoms with Gasteiger partial charge < -0.3 is 25.0 Å². The van der Waals surface area contributed by atoms with Crippen molar-refractivity contribution in [1.82, 2.24) is 15.5 Å². The molecule has 0 aliphatic heterocycles. The molecular weight excluding hydrogens is 495 g/mol. The van der Waals surface area contributed by atoms with Crippen molar-refractivity contribution in [2.24, 2.45) is 4.99 Å². The summed E-state index contributed by atoms with van der Waals surface area (Å²) in [6.45, 7) is 4.33. The van der Waals surface area contributed by atoms with Crippen LogP contribution in [-0.2, 0) is 6.54 Å². The molecule has 30 heavy (non-hydrogen) atoms. The van der Waals surface area contributed by atoms with Crippen molar-refractivity contribution in [1.29, 1.82) is 0 Å². The Kier molecular flexibility index (Phi) is 11.7. The third-order valence-corrected chi connectivity index (χ3v) is 4.29. The third kappa shape index (κ3) is 7.74. The van der Waals surface area contributed by atoms with Gasteiger partial charge in [-0.05, 0) is 31.2 Å². The minimum atomic E-state index is -0.0953. The van der Waals surface area contributed by atoms with Crippen molar-refractivity contribution in [2.75, 3.05) is 40.9 Å². The molecule has 7 nitrogen and oxygen atoms in total. The van der Waals surface area contributed by atoms with E-state index in [0.717, 1.165) is 29.6 Å². The molecule has 0 aliphatic carbocycles. The number of hydrogen-bond donors (Lipinski definition) is 2. The van der Waals surface area contributed by atoms with E-state index in [4.69, 9.17) is 9.47 Å². The van der Waals surface area contributed by atoms with Crippen molar-refractivity contribution in [3.8, 4) is 11.5 Å². The van der Waals surface area contributed by atoms with Gasteiger partial charge in [0.2, 0.25) is 0 Å². The Hall–Kier alpha value is -2.49. The number of rotatable bonds is 9. The second kappa shape index (κ2) is 13.7. The van der Waals surface area contributed by atoms with Crippen molar-refractivity contribution in [3.05, 3.63) is 59.7 Å². The molecular formula is C22H31IN4O3. The SMILES string of the molecule is CCNC(=NCCNC(=O)c1ccccc1)N(C)Cc1ccc(OC)cc1OC.I. The molecule has 2 N–H and O–H groups in total. The van der Waals surface area contributed by atoms with Crippen LogP contribution in [0.1, 0.15) is 22.8 Å². The molecule has 8 heteroatoms. The second-order valence-corrected chi connectivity index (χ2v) is 6.39. The molecule has 2 rings (SSSR count). The second-order valence-electron chi connectivity index (χ2n) is 6.39. The first-order valence-corrected chi connectivity index (χ1v) is 9.62. The first-order valence-electron chi connectivity index (χ1n) is 9.62. The van der Waals surface area contributed by atoms with E-state index in [1.807, 2.05) is 55.3 Å². The van der Waals surface area contributed by atoms with Gasteiger partial charge >= 0.3 is 0 Å². The van der Waals surface area contributed by atoms with Gasteiger partial charge in [-0.3, -0.25) is 9.79 Å². The highest BCUT2D eigenvalue weighted by Crippen LogP contribution is 2.25. The minimum Gasteiger partial charge on any atom is -0.497 e. The third-order valence-electron chi connectivity index (χ3n) is 4.29. The maximum Gasteiger partial charge on any atom is 0.251 e. The molecule has 0 atom stereocenters. The van der Waals surface area contributed by atoms with Gasteiger partial charge in [-0.25, -0.2) is 0 Å². The summed E-state index contributed by atoms with van der Waals surface area (Å²) in [5.41, 5.74) is 1.67. The van der Waals surface area contributed by atoms with Crippen LogP contribution in [0.2, 0.25) is 0 Å². The van der Waals surface area contributed by atoms with E-state index in [9.17, 15) is 4.79 Å². The number of nitrogens with one attached hydrogen (secondary N) is 2. The summed E-state index contributed by atoms with van der Waals surface area (Å²) >= 11 is 0. The molecule has 2 aromatic carbocycles. The Morgan fingerprint density at radius 1 is 1.07 bits per heavy atom. The highest BCUT2D eigenvalue weighted by Gasteiger charge is 2.11. The Balaban J connectivity index is 0.00000450. The summed E-state index contributed by atoms with van der Waals surface area (Å²) in [5, 5.41) is 6.17. The average Bonchev–Trinajstić information content (AvgIpc) is 2.76. The Bertz CT molecular complexity index is 815. The zero-order valence-electron chi connectivity index (χ0n) is 18.0. The van der Waals surface area contributed by atoms with Crippen LogP contribution in [0.5, 0.6) is 11.5 Å². The Morgan fingerprint density at radius 2 is 1.80 bits per heavy atom. The zero-order chi connectivity index (χ0) is 21.1. The first kappa shape index (κ1) is 25.5. The number of nitrogens with zero attached hydrogens (tertiary/aromatic N) is 2. The van der Waals surface area contributed by atoms with Crippen molar-refractivity contribution >= 4 is 35.8 Å². The van der Waals surface area contributed by atoms with E-state index in [1.165, 1.54) is 0 Å². The molecule has 0 aliphatic rings. The number of aliphatic imine (C=N–C) groups is 1. The van der Waals surface area contributed by atoms with Gasteiger partial charge in [-0.15, -0.1) is 24.0 Å². The lowest BCUT2D eigenvalue weighted by atomic mass is 10.2. The number of carbonyl (C=O) groups excluding carboxylic acids is 1. The van der Waals surface area contributed by atoms with E-state index >= 15 is 0 Å². The van der Waals surface area contributed by atoms with Gasteiger partial charge in [0.05, 0.1) is 20.8 Å². The van der Waals surface area contributed by atoms with Gasteiger partial charge in [0.1, 0.15) is 11.5 Å². The highest BCUT2D eigenvalue weighted by molar-refractivity contribution is 14.0. The molecule has 0 heterocycles. The van der Waals surface area contributed by atoms with E-state index in [0.29, 0.717) is 25.2 Å². The fourth-order valence-electron chi connectivity index (χ4n) is 2.81. The molecule has 0 radical (unpaired) electrons. The predicted molar refractivity (Wildman–Crippen MR) is 131 cm³/mol. The molecule has 0 unspecified atom stereocenters. The van der Waals surface area contributed by atoms with Crippen LogP contribution in [-0.4, -0.2) is 57.7 Å². The predicted octanol–water partition coefficient (Wildman–Crippen LogP) is 3.15. The van der Waals surface area contributed by atoms with Gasteiger partial charge in [-0.1, -0.05) is 18.2 Å². The van der Waals surface area contributed by atoms with Crippen LogP contribution in [0.25, 0.3) is 0 Å². The molecule has 0 saturated carbocycles. The van der Waals surface area contributed by atoms with Crippen LogP contribution >= 0.6 is 24.0 Å². The lowest BCUT2D eigenvalue weighted by Gasteiger charge is -2.23. The van der Waals surface area contributed by atoms with E-state index in [2.05, 4.69) is 15.6 Å². The van der Waals surface area contributed by atoms with Crippen molar-refractivity contribution in [2.45, 2.75) is 13.5 Å². The number of carbonyl (C=O) groups is 1. The number of methoxy groups -OCH3 is 2. The summed E-state index contributed by atoms with van der Waals surface area (Å²) in [4.78, 5) is 18.7. The number of ether oxygens (including phenoxy) is 2. The fourth-order valence-corrected chi connectivity index (χ4v) is 2.81. The summed E-state index contributed by atoms with van der Waals surface area (Å²) in [6.07, 6.45) is 0. The minimum absolute atomic E-state index is 0. The summed E-state index contributed by atoms with van der Waals surface area (Å²) in [5.74, 6) is 2.19. The Labute approximate surface area is 195 Å². The van der Waals surface area contributed by atoms with Crippen molar-refractivity contribution in [3.63, 3.8) is 0 Å². The van der Waals surface area contributed by atoms with Gasteiger partial charge in [0.25, 0.3) is 5.91 Å². The fraction of sp³-hybridized carbons (Fsp3) is 0.364. The average molecular weight is 526 g/mol. The van der Waals surface area contributed by atoms with Gasteiger partial charge in [0, 0.05) is 43.9 Å². The number of amides is 1. The van der Waals surface area contributed by atoms with Crippen LogP contribution in [0, 0.1) is 0 Å². The van der Waals surface area contributed by atoms with Crippen LogP contribution in [0.15, 0.2) is 53.5 Å². The molecule has 0 saturated heterocycles. The molecule has 0 spiro atoms. The maximum absolute atomic E-state index is 12.1. The largest absolute Gasteiger partial charge is 0.497 e. The van der Waals surface area contributed by atoms with E-state index in [-0.39, 0.29) is 29.9 Å². The quantitative estimate of drug-likeness (QED) is 0.227. The Morgan fingerprint density at radius 3 is 2.43 bits per heavy atom. The molecule has 2 aromatic rings. The summed E-state index contributed by atoms with van der Waals surface area (Å²) in [6, 6.07) is 14.9. The summed E-state index contributed by atoms with van der Waals surface area (Å²) < 4.78 is 10.7. The normalized spacial score (nSPS) is 10.6. The van der Waals surface area contributed by atoms with Gasteiger partial charge in [-0.2, -0.15) is 0 Å². The first-order chi connectivity index (χ1) is 14.1. The van der Waals surface area contributed by atoms with Crippen LogP contribution < -0.4 is 20.1 Å². The number of hydrogen-bond acceptors (Lipinski definition) is 4. The van der Waals surface area contributed by atoms with E-state index < -0.39 is 0 Å².